The Morgan fingerprint density at radius 3 is 2.42 bits per heavy atom. The highest BCUT2D eigenvalue weighted by Gasteiger charge is 2.24. The lowest BCUT2D eigenvalue weighted by Crippen LogP contribution is -3.13. The Kier molecular flexibility index (Phi) is 4.93. The fourth-order valence-electron chi connectivity index (χ4n) is 3.15. The van der Waals surface area contributed by atoms with Crippen molar-refractivity contribution in [2.75, 3.05) is 26.2 Å². The highest BCUT2D eigenvalue weighted by Crippen LogP contribution is 2.08. The van der Waals surface area contributed by atoms with E-state index in [0.717, 1.165) is 32.7 Å². The Labute approximate surface area is 142 Å². The molecular weight excluding hydrogens is 298 g/mol. The van der Waals surface area contributed by atoms with Crippen molar-refractivity contribution >= 4 is 5.91 Å². The van der Waals surface area contributed by atoms with Crippen molar-refractivity contribution in [1.29, 1.82) is 5.26 Å². The number of piperazine rings is 1. The van der Waals surface area contributed by atoms with Gasteiger partial charge in [-0.05, 0) is 36.8 Å². The predicted molar refractivity (Wildman–Crippen MR) is 92.6 cm³/mol. The minimum absolute atomic E-state index is 0.0643. The molecule has 1 aliphatic rings. The van der Waals surface area contributed by atoms with E-state index >= 15 is 0 Å². The first-order chi connectivity index (χ1) is 11.7. The van der Waals surface area contributed by atoms with E-state index in [0.29, 0.717) is 11.1 Å². The summed E-state index contributed by atoms with van der Waals surface area (Å²) in [6, 6.07) is 17.5. The van der Waals surface area contributed by atoms with Crippen LogP contribution in [0.5, 0.6) is 0 Å². The molecule has 0 radical (unpaired) electrons. The second-order valence-electron chi connectivity index (χ2n) is 6.33. The molecule has 1 aliphatic heterocycles. The van der Waals surface area contributed by atoms with E-state index in [1.807, 2.05) is 4.90 Å². The Morgan fingerprint density at radius 2 is 1.79 bits per heavy atom. The van der Waals surface area contributed by atoms with Gasteiger partial charge in [-0.15, -0.1) is 0 Å². The van der Waals surface area contributed by atoms with Crippen molar-refractivity contribution < 1.29 is 9.69 Å². The van der Waals surface area contributed by atoms with Crippen molar-refractivity contribution in [2.24, 2.45) is 0 Å². The van der Waals surface area contributed by atoms with Crippen LogP contribution in [0.1, 0.15) is 27.0 Å². The molecule has 4 nitrogen and oxygen atoms in total. The molecule has 0 unspecified atom stereocenters. The van der Waals surface area contributed by atoms with Crippen LogP contribution in [0.3, 0.4) is 0 Å². The second-order valence-corrected chi connectivity index (χ2v) is 6.33. The zero-order valence-electron chi connectivity index (χ0n) is 14.0. The van der Waals surface area contributed by atoms with Gasteiger partial charge >= 0.3 is 0 Å². The lowest BCUT2D eigenvalue weighted by atomic mass is 10.1. The molecule has 2 aromatic rings. The quantitative estimate of drug-likeness (QED) is 0.929. The van der Waals surface area contributed by atoms with Crippen LogP contribution in [0.2, 0.25) is 0 Å². The van der Waals surface area contributed by atoms with Gasteiger partial charge in [0.25, 0.3) is 5.91 Å². The highest BCUT2D eigenvalue weighted by molar-refractivity contribution is 5.94. The van der Waals surface area contributed by atoms with Crippen LogP contribution < -0.4 is 4.90 Å². The van der Waals surface area contributed by atoms with Crippen molar-refractivity contribution in [3.05, 3.63) is 70.8 Å². The van der Waals surface area contributed by atoms with Crippen LogP contribution in [0.4, 0.5) is 0 Å². The minimum atomic E-state index is 0.0643. The number of rotatable bonds is 3. The molecule has 0 saturated carbocycles. The SMILES string of the molecule is Cc1ccccc1C[NH+]1CCN(C(=O)c2ccc(C#N)cc2)CC1. The molecule has 2 aromatic carbocycles. The van der Waals surface area contributed by atoms with E-state index < -0.39 is 0 Å². The minimum Gasteiger partial charge on any atom is -0.328 e. The summed E-state index contributed by atoms with van der Waals surface area (Å²) < 4.78 is 0. The zero-order chi connectivity index (χ0) is 16.9. The molecule has 1 heterocycles. The number of hydrogen-bond acceptors (Lipinski definition) is 2. The van der Waals surface area contributed by atoms with Crippen LogP contribution in [0.15, 0.2) is 48.5 Å². The van der Waals surface area contributed by atoms with Gasteiger partial charge in [0.2, 0.25) is 0 Å². The van der Waals surface area contributed by atoms with Crippen LogP contribution in [0.25, 0.3) is 0 Å². The number of nitrogens with zero attached hydrogens (tertiary/aromatic N) is 2. The fourth-order valence-corrected chi connectivity index (χ4v) is 3.15. The van der Waals surface area contributed by atoms with E-state index in [9.17, 15) is 4.79 Å². The standard InChI is InChI=1S/C20H21N3O/c1-16-4-2-3-5-19(16)15-22-10-12-23(13-11-22)20(24)18-8-6-17(14-21)7-9-18/h2-9H,10-13,15H2,1H3/p+1. The van der Waals surface area contributed by atoms with Gasteiger partial charge in [0.1, 0.15) is 6.54 Å². The number of quaternary nitrogens is 1. The molecule has 24 heavy (non-hydrogen) atoms. The maximum absolute atomic E-state index is 12.6. The molecule has 122 valence electrons. The van der Waals surface area contributed by atoms with Crippen molar-refractivity contribution in [1.82, 2.24) is 4.90 Å². The number of amides is 1. The lowest BCUT2D eigenvalue weighted by molar-refractivity contribution is -0.917. The summed E-state index contributed by atoms with van der Waals surface area (Å²) in [6.45, 7) is 6.66. The summed E-state index contributed by atoms with van der Waals surface area (Å²) in [5.74, 6) is 0.0643. The van der Waals surface area contributed by atoms with Gasteiger partial charge in [0.05, 0.1) is 37.8 Å². The molecule has 4 heteroatoms. The molecule has 1 saturated heterocycles. The molecule has 1 fully saturated rings. The Balaban J connectivity index is 1.57. The third-order valence-corrected chi connectivity index (χ3v) is 4.72. The molecule has 0 bridgehead atoms. The molecule has 0 aliphatic carbocycles. The van der Waals surface area contributed by atoms with Gasteiger partial charge in [-0.3, -0.25) is 4.79 Å². The van der Waals surface area contributed by atoms with Crippen molar-refractivity contribution in [2.45, 2.75) is 13.5 Å². The summed E-state index contributed by atoms with van der Waals surface area (Å²) in [7, 11) is 0. The van der Waals surface area contributed by atoms with Crippen LogP contribution >= 0.6 is 0 Å². The van der Waals surface area contributed by atoms with Crippen LogP contribution in [-0.2, 0) is 6.54 Å². The maximum atomic E-state index is 12.6. The van der Waals surface area contributed by atoms with Crippen molar-refractivity contribution in [3.8, 4) is 6.07 Å². The molecule has 1 amide bonds. The average Bonchev–Trinajstić information content (AvgIpc) is 2.64. The number of carbonyl (C=O) groups is 1. The predicted octanol–water partition coefficient (Wildman–Crippen LogP) is 1.41. The summed E-state index contributed by atoms with van der Waals surface area (Å²) in [5.41, 5.74) is 3.97. The fraction of sp³-hybridized carbons (Fsp3) is 0.300. The topological polar surface area (TPSA) is 48.5 Å². The van der Waals surface area contributed by atoms with Crippen LogP contribution in [0, 0.1) is 18.3 Å². The molecule has 0 spiro atoms. The smallest absolute Gasteiger partial charge is 0.254 e. The molecular formula is C20H22N3O+. The lowest BCUT2D eigenvalue weighted by Gasteiger charge is -2.32. The van der Waals surface area contributed by atoms with Gasteiger partial charge in [-0.2, -0.15) is 5.26 Å². The molecule has 1 N–H and O–H groups in total. The first-order valence-corrected chi connectivity index (χ1v) is 8.35. The Morgan fingerprint density at radius 1 is 1.12 bits per heavy atom. The first kappa shape index (κ1) is 16.2. The summed E-state index contributed by atoms with van der Waals surface area (Å²) in [4.78, 5) is 16.0. The van der Waals surface area contributed by atoms with E-state index in [1.54, 1.807) is 24.3 Å². The number of nitriles is 1. The third kappa shape index (κ3) is 3.64. The monoisotopic (exact) mass is 320 g/mol. The van der Waals surface area contributed by atoms with Gasteiger partial charge in [0.15, 0.2) is 0 Å². The number of hydrogen-bond donors (Lipinski definition) is 1. The highest BCUT2D eigenvalue weighted by atomic mass is 16.2. The molecule has 0 atom stereocenters. The van der Waals surface area contributed by atoms with Gasteiger partial charge in [-0.1, -0.05) is 24.3 Å². The zero-order valence-corrected chi connectivity index (χ0v) is 14.0. The van der Waals surface area contributed by atoms with E-state index in [2.05, 4.69) is 37.3 Å². The Hall–Kier alpha value is -2.64. The largest absolute Gasteiger partial charge is 0.328 e. The first-order valence-electron chi connectivity index (χ1n) is 8.35. The molecule has 3 rings (SSSR count). The number of aryl methyl sites for hydroxylation is 1. The third-order valence-electron chi connectivity index (χ3n) is 4.72. The van der Waals surface area contributed by atoms with Crippen LogP contribution in [-0.4, -0.2) is 37.0 Å². The summed E-state index contributed by atoms with van der Waals surface area (Å²) in [6.07, 6.45) is 0. The van der Waals surface area contributed by atoms with Gasteiger partial charge < -0.3 is 9.80 Å². The number of benzene rings is 2. The van der Waals surface area contributed by atoms with E-state index in [-0.39, 0.29) is 5.91 Å². The summed E-state index contributed by atoms with van der Waals surface area (Å²) in [5, 5.41) is 8.84. The normalized spacial score (nSPS) is 15.1. The second kappa shape index (κ2) is 7.29. The van der Waals surface area contributed by atoms with Gasteiger partial charge in [0, 0.05) is 11.1 Å². The van der Waals surface area contributed by atoms with Gasteiger partial charge in [-0.25, -0.2) is 0 Å². The van der Waals surface area contributed by atoms with Crippen molar-refractivity contribution in [3.63, 3.8) is 0 Å². The summed E-state index contributed by atoms with van der Waals surface area (Å²) >= 11 is 0. The molecule has 0 aromatic heterocycles. The Bertz CT molecular complexity index is 753. The number of nitrogens with one attached hydrogen (secondary N) is 1. The maximum Gasteiger partial charge on any atom is 0.254 e. The van der Waals surface area contributed by atoms with E-state index in [1.165, 1.54) is 16.0 Å². The average molecular weight is 320 g/mol. The number of carbonyl (C=O) groups excluding carboxylic acids is 1. The van der Waals surface area contributed by atoms with E-state index in [4.69, 9.17) is 5.26 Å².